The van der Waals surface area contributed by atoms with Crippen LogP contribution in [0.25, 0.3) is 10.9 Å². The van der Waals surface area contributed by atoms with Crippen LogP contribution < -0.4 is 0 Å². The molecule has 0 atom stereocenters. The summed E-state index contributed by atoms with van der Waals surface area (Å²) < 4.78 is 12.7. The summed E-state index contributed by atoms with van der Waals surface area (Å²) in [4.78, 5) is 11.9. The summed E-state index contributed by atoms with van der Waals surface area (Å²) >= 11 is 0. The van der Waals surface area contributed by atoms with E-state index >= 15 is 0 Å². The van der Waals surface area contributed by atoms with Crippen LogP contribution in [0.5, 0.6) is 0 Å². The highest BCUT2D eigenvalue weighted by Gasteiger charge is 2.13. The molecule has 0 fully saturated rings. The topological polar surface area (TPSA) is 53.4 Å². The minimum Gasteiger partial charge on any atom is -0.465 e. The number of hydrogen-bond donors (Lipinski definition) is 0. The lowest BCUT2D eigenvalue weighted by atomic mass is 10.1. The van der Waals surface area contributed by atoms with Gasteiger partial charge in [-0.2, -0.15) is 5.10 Å². The molecule has 3 aromatic rings. The van der Waals surface area contributed by atoms with Crippen LogP contribution in [0.2, 0.25) is 0 Å². The summed E-state index contributed by atoms with van der Waals surface area (Å²) in [5.41, 5.74) is 4.08. The van der Waals surface area contributed by atoms with Crippen molar-refractivity contribution in [2.45, 2.75) is 64.8 Å². The second kappa shape index (κ2) is 13.0. The Balaban J connectivity index is 1.32. The summed E-state index contributed by atoms with van der Waals surface area (Å²) in [7, 11) is 1.41. The van der Waals surface area contributed by atoms with Crippen molar-refractivity contribution >= 4 is 16.9 Å². The molecule has 0 N–H and O–H groups in total. The van der Waals surface area contributed by atoms with Crippen LogP contribution in [0.1, 0.15) is 67.1 Å². The predicted molar refractivity (Wildman–Crippen MR) is 129 cm³/mol. The maximum atomic E-state index is 11.9. The summed E-state index contributed by atoms with van der Waals surface area (Å²) in [6, 6.07) is 16.3. The second-order valence-corrected chi connectivity index (χ2v) is 8.22. The SMILES string of the molecule is CCc1nn(CCCCCCOCCCCc2ccccc2)c2cc(C(=O)OC)ccc12. The number of hydrogen-bond acceptors (Lipinski definition) is 4. The first-order valence-corrected chi connectivity index (χ1v) is 11.9. The van der Waals surface area contributed by atoms with Gasteiger partial charge in [-0.3, -0.25) is 4.68 Å². The predicted octanol–water partition coefficient (Wildman–Crippen LogP) is 5.99. The Kier molecular flexibility index (Phi) is 9.76. The molecular weight excluding hydrogens is 400 g/mol. The van der Waals surface area contributed by atoms with Gasteiger partial charge in [0.25, 0.3) is 0 Å². The molecule has 0 amide bonds. The van der Waals surface area contributed by atoms with Crippen LogP contribution in [0, 0.1) is 0 Å². The Morgan fingerprint density at radius 1 is 0.938 bits per heavy atom. The number of rotatable bonds is 14. The molecule has 0 unspecified atom stereocenters. The zero-order chi connectivity index (χ0) is 22.6. The molecule has 0 aliphatic heterocycles. The number of unbranched alkanes of at least 4 members (excludes halogenated alkanes) is 4. The van der Waals surface area contributed by atoms with E-state index in [1.54, 1.807) is 0 Å². The maximum Gasteiger partial charge on any atom is 0.337 e. The third-order valence-electron chi connectivity index (χ3n) is 5.84. The first-order chi connectivity index (χ1) is 15.7. The lowest BCUT2D eigenvalue weighted by Crippen LogP contribution is -2.04. The first-order valence-electron chi connectivity index (χ1n) is 11.9. The van der Waals surface area contributed by atoms with Crippen LogP contribution in [-0.4, -0.2) is 36.1 Å². The maximum absolute atomic E-state index is 11.9. The fraction of sp³-hybridized carbons (Fsp3) is 0.481. The largest absolute Gasteiger partial charge is 0.465 e. The van der Waals surface area contributed by atoms with Crippen molar-refractivity contribution < 1.29 is 14.3 Å². The number of carbonyl (C=O) groups is 1. The molecule has 5 heteroatoms. The van der Waals surface area contributed by atoms with Gasteiger partial charge in [-0.25, -0.2) is 4.79 Å². The lowest BCUT2D eigenvalue weighted by Gasteiger charge is -2.06. The highest BCUT2D eigenvalue weighted by Crippen LogP contribution is 2.22. The van der Waals surface area contributed by atoms with E-state index in [0.717, 1.165) is 81.3 Å². The average Bonchev–Trinajstić information content (AvgIpc) is 3.19. The molecule has 32 heavy (non-hydrogen) atoms. The van der Waals surface area contributed by atoms with Crippen LogP contribution in [0.15, 0.2) is 48.5 Å². The molecule has 3 rings (SSSR count). The number of ether oxygens (including phenoxy) is 2. The first kappa shape index (κ1) is 24.0. The van der Waals surface area contributed by atoms with Gasteiger partial charge in [-0.15, -0.1) is 0 Å². The molecule has 0 bridgehead atoms. The van der Waals surface area contributed by atoms with E-state index in [0.29, 0.717) is 5.56 Å². The number of benzene rings is 2. The molecule has 0 radical (unpaired) electrons. The summed E-state index contributed by atoms with van der Waals surface area (Å²) in [6.07, 6.45) is 8.80. The Morgan fingerprint density at radius 3 is 2.44 bits per heavy atom. The van der Waals surface area contributed by atoms with Crippen molar-refractivity contribution in [3.05, 3.63) is 65.4 Å². The molecule has 0 aliphatic rings. The monoisotopic (exact) mass is 436 g/mol. The molecular formula is C27H36N2O3. The van der Waals surface area contributed by atoms with Gasteiger partial charge in [-0.1, -0.05) is 56.2 Å². The van der Waals surface area contributed by atoms with Gasteiger partial charge in [0.1, 0.15) is 0 Å². The van der Waals surface area contributed by atoms with E-state index < -0.39 is 0 Å². The number of methoxy groups -OCH3 is 1. The van der Waals surface area contributed by atoms with Gasteiger partial charge < -0.3 is 9.47 Å². The van der Waals surface area contributed by atoms with Crippen molar-refractivity contribution in [3.63, 3.8) is 0 Å². The minimum absolute atomic E-state index is 0.308. The zero-order valence-corrected chi connectivity index (χ0v) is 19.5. The van der Waals surface area contributed by atoms with E-state index in [-0.39, 0.29) is 5.97 Å². The van der Waals surface area contributed by atoms with Gasteiger partial charge in [0.05, 0.1) is 23.9 Å². The van der Waals surface area contributed by atoms with Gasteiger partial charge in [0.15, 0.2) is 0 Å². The normalized spacial score (nSPS) is 11.2. The molecule has 1 heterocycles. The molecule has 5 nitrogen and oxygen atoms in total. The van der Waals surface area contributed by atoms with Crippen LogP contribution >= 0.6 is 0 Å². The third-order valence-corrected chi connectivity index (χ3v) is 5.84. The van der Waals surface area contributed by atoms with E-state index in [4.69, 9.17) is 14.6 Å². The fourth-order valence-corrected chi connectivity index (χ4v) is 4.02. The second-order valence-electron chi connectivity index (χ2n) is 8.22. The highest BCUT2D eigenvalue weighted by atomic mass is 16.5. The van der Waals surface area contributed by atoms with Crippen molar-refractivity contribution in [1.29, 1.82) is 0 Å². The van der Waals surface area contributed by atoms with Crippen molar-refractivity contribution in [3.8, 4) is 0 Å². The van der Waals surface area contributed by atoms with E-state index in [1.807, 2.05) is 22.9 Å². The van der Waals surface area contributed by atoms with E-state index in [1.165, 1.54) is 19.1 Å². The Morgan fingerprint density at radius 2 is 1.69 bits per heavy atom. The Hall–Kier alpha value is -2.66. The Bertz CT molecular complexity index is 966. The van der Waals surface area contributed by atoms with Crippen LogP contribution in [0.3, 0.4) is 0 Å². The number of esters is 1. The van der Waals surface area contributed by atoms with Crippen molar-refractivity contribution in [2.75, 3.05) is 20.3 Å². The number of aromatic nitrogens is 2. The van der Waals surface area contributed by atoms with E-state index in [9.17, 15) is 4.79 Å². The summed E-state index contributed by atoms with van der Waals surface area (Å²) in [6.45, 7) is 4.68. The molecule has 2 aromatic carbocycles. The smallest absolute Gasteiger partial charge is 0.337 e. The average molecular weight is 437 g/mol. The van der Waals surface area contributed by atoms with Crippen LogP contribution in [0.4, 0.5) is 0 Å². The molecule has 0 spiro atoms. The van der Waals surface area contributed by atoms with Crippen molar-refractivity contribution in [2.24, 2.45) is 0 Å². The van der Waals surface area contributed by atoms with Crippen molar-refractivity contribution in [1.82, 2.24) is 9.78 Å². The number of fused-ring (bicyclic) bond motifs is 1. The quantitative estimate of drug-likeness (QED) is 0.230. The number of nitrogens with zero attached hydrogens (tertiary/aromatic N) is 2. The third kappa shape index (κ3) is 6.92. The fourth-order valence-electron chi connectivity index (χ4n) is 4.02. The minimum atomic E-state index is -0.308. The molecule has 172 valence electrons. The zero-order valence-electron chi connectivity index (χ0n) is 19.5. The molecule has 0 saturated carbocycles. The van der Waals surface area contributed by atoms with Gasteiger partial charge >= 0.3 is 5.97 Å². The molecule has 1 aromatic heterocycles. The highest BCUT2D eigenvalue weighted by molar-refractivity contribution is 5.95. The van der Waals surface area contributed by atoms with Gasteiger partial charge in [0.2, 0.25) is 0 Å². The van der Waals surface area contributed by atoms with Crippen LogP contribution in [-0.2, 0) is 28.9 Å². The Labute approximate surface area is 191 Å². The molecule has 0 saturated heterocycles. The summed E-state index contributed by atoms with van der Waals surface area (Å²) in [5.74, 6) is -0.308. The molecule has 0 aliphatic carbocycles. The lowest BCUT2D eigenvalue weighted by molar-refractivity contribution is 0.0601. The van der Waals surface area contributed by atoms with Gasteiger partial charge in [0, 0.05) is 25.1 Å². The number of aryl methyl sites for hydroxylation is 3. The standard InChI is InChI=1S/C27H36N2O3/c1-3-25-24-17-16-23(27(30)31-2)21-26(24)29(28-25)18-10-4-5-11-19-32-20-12-9-15-22-13-7-6-8-14-22/h6-8,13-14,16-17,21H,3-5,9-12,15,18-20H2,1-2H3. The van der Waals surface area contributed by atoms with Gasteiger partial charge in [-0.05, 0) is 56.2 Å². The summed E-state index contributed by atoms with van der Waals surface area (Å²) in [5, 5.41) is 5.90. The van der Waals surface area contributed by atoms with E-state index in [2.05, 4.69) is 37.3 Å². The number of carbonyl (C=O) groups excluding carboxylic acids is 1.